The van der Waals surface area contributed by atoms with Gasteiger partial charge in [-0.15, -0.1) is 0 Å². The summed E-state index contributed by atoms with van der Waals surface area (Å²) in [6.45, 7) is 3.03. The lowest BCUT2D eigenvalue weighted by molar-refractivity contribution is 0.139. The van der Waals surface area contributed by atoms with Crippen LogP contribution in [0.5, 0.6) is 0 Å². The van der Waals surface area contributed by atoms with Crippen molar-refractivity contribution in [2.24, 2.45) is 0 Å². The zero-order valence-electron chi connectivity index (χ0n) is 12.3. The molecule has 4 nitrogen and oxygen atoms in total. The number of carboxylic acid groups (broad SMARTS) is 1. The molecule has 0 radical (unpaired) electrons. The minimum atomic E-state index is -0.842. The van der Waals surface area contributed by atoms with E-state index < -0.39 is 6.09 Å². The van der Waals surface area contributed by atoms with Crippen LogP contribution in [0, 0.1) is 6.92 Å². The first-order valence-corrected chi connectivity index (χ1v) is 7.76. The predicted octanol–water partition coefficient (Wildman–Crippen LogP) is 4.06. The molecule has 1 aliphatic rings. The molecule has 0 saturated heterocycles. The van der Waals surface area contributed by atoms with Gasteiger partial charge < -0.3 is 14.7 Å². The van der Waals surface area contributed by atoms with E-state index in [-0.39, 0.29) is 6.04 Å². The zero-order chi connectivity index (χ0) is 15.4. The lowest BCUT2D eigenvalue weighted by Gasteiger charge is -2.19. The Morgan fingerprint density at radius 1 is 1.52 bits per heavy atom. The second-order valence-corrected chi connectivity index (χ2v) is 6.15. The summed E-state index contributed by atoms with van der Waals surface area (Å²) in [5.41, 5.74) is 3.22. The number of methoxy groups -OCH3 is 1. The quantitative estimate of drug-likeness (QED) is 0.838. The molecule has 5 heteroatoms. The largest absolute Gasteiger partial charge is 0.465 e. The van der Waals surface area contributed by atoms with Gasteiger partial charge in [-0.25, -0.2) is 4.79 Å². The molecular formula is C16H20BrNO3. The molecule has 1 aromatic carbocycles. The van der Waals surface area contributed by atoms with Crippen molar-refractivity contribution in [1.82, 2.24) is 4.90 Å². The first-order valence-electron chi connectivity index (χ1n) is 6.97. The van der Waals surface area contributed by atoms with Crippen LogP contribution in [0.15, 0.2) is 22.7 Å². The Morgan fingerprint density at radius 2 is 2.24 bits per heavy atom. The average Bonchev–Trinajstić information content (AvgIpc) is 3.25. The molecular weight excluding hydrogens is 334 g/mol. The monoisotopic (exact) mass is 353 g/mol. The van der Waals surface area contributed by atoms with E-state index in [0.29, 0.717) is 13.2 Å². The zero-order valence-corrected chi connectivity index (χ0v) is 13.9. The first-order chi connectivity index (χ1) is 10.0. The first kappa shape index (κ1) is 16.0. The van der Waals surface area contributed by atoms with Crippen molar-refractivity contribution in [1.29, 1.82) is 0 Å². The molecule has 0 heterocycles. The molecule has 2 rings (SSSR count). The summed E-state index contributed by atoms with van der Waals surface area (Å²) in [6.07, 6.45) is 5.06. The standard InChI is InChI=1S/C16H20BrNO3/c1-11-13(4-3-7-21-2)8-12(9-15(11)17)10-18(16(19)20)14-5-6-14/h3-4,8-9,14H,5-7,10H2,1-2H3,(H,19,20). The molecule has 1 aromatic rings. The molecule has 1 aliphatic carbocycles. The number of hydrogen-bond acceptors (Lipinski definition) is 2. The van der Waals surface area contributed by atoms with Crippen molar-refractivity contribution >= 4 is 28.1 Å². The molecule has 0 spiro atoms. The third kappa shape index (κ3) is 4.32. The van der Waals surface area contributed by atoms with Crippen LogP contribution in [0.2, 0.25) is 0 Å². The summed E-state index contributed by atoms with van der Waals surface area (Å²) in [4.78, 5) is 12.8. The lowest BCUT2D eigenvalue weighted by atomic mass is 10.0. The van der Waals surface area contributed by atoms with Gasteiger partial charge in [0.25, 0.3) is 0 Å². The summed E-state index contributed by atoms with van der Waals surface area (Å²) in [5.74, 6) is 0. The fourth-order valence-electron chi connectivity index (χ4n) is 2.23. The molecule has 0 bridgehead atoms. The summed E-state index contributed by atoms with van der Waals surface area (Å²) >= 11 is 3.55. The number of halogens is 1. The van der Waals surface area contributed by atoms with Crippen LogP contribution in [-0.2, 0) is 11.3 Å². The van der Waals surface area contributed by atoms with Gasteiger partial charge in [0, 0.05) is 24.2 Å². The minimum absolute atomic E-state index is 0.190. The third-order valence-corrected chi connectivity index (χ3v) is 4.41. The number of rotatable bonds is 6. The van der Waals surface area contributed by atoms with Crippen LogP contribution in [0.25, 0.3) is 6.08 Å². The molecule has 114 valence electrons. The molecule has 0 aliphatic heterocycles. The number of hydrogen-bond donors (Lipinski definition) is 1. The summed E-state index contributed by atoms with van der Waals surface area (Å²) in [5, 5.41) is 9.30. The topological polar surface area (TPSA) is 49.8 Å². The number of ether oxygens (including phenoxy) is 1. The van der Waals surface area contributed by atoms with Crippen LogP contribution in [-0.4, -0.2) is 35.9 Å². The molecule has 0 atom stereocenters. The Kier molecular flexibility index (Phi) is 5.42. The molecule has 1 saturated carbocycles. The van der Waals surface area contributed by atoms with Gasteiger partial charge >= 0.3 is 6.09 Å². The van der Waals surface area contributed by atoms with Crippen molar-refractivity contribution in [3.05, 3.63) is 39.4 Å². The van der Waals surface area contributed by atoms with E-state index in [2.05, 4.69) is 15.9 Å². The van der Waals surface area contributed by atoms with Crippen molar-refractivity contribution in [2.45, 2.75) is 32.4 Å². The van der Waals surface area contributed by atoms with Gasteiger partial charge in [0.15, 0.2) is 0 Å². The Hall–Kier alpha value is -1.33. The molecule has 1 amide bonds. The van der Waals surface area contributed by atoms with Crippen molar-refractivity contribution in [3.63, 3.8) is 0 Å². The van der Waals surface area contributed by atoms with Gasteiger partial charge in [0.1, 0.15) is 0 Å². The maximum Gasteiger partial charge on any atom is 0.407 e. The fourth-order valence-corrected chi connectivity index (χ4v) is 2.75. The van der Waals surface area contributed by atoms with Gasteiger partial charge in [-0.1, -0.05) is 28.1 Å². The van der Waals surface area contributed by atoms with Crippen LogP contribution >= 0.6 is 15.9 Å². The number of nitrogens with zero attached hydrogens (tertiary/aromatic N) is 1. The molecule has 1 fully saturated rings. The summed E-state index contributed by atoms with van der Waals surface area (Å²) in [7, 11) is 1.66. The number of amides is 1. The summed E-state index contributed by atoms with van der Waals surface area (Å²) < 4.78 is 6.01. The van der Waals surface area contributed by atoms with Gasteiger partial charge in [-0.05, 0) is 48.6 Å². The molecule has 21 heavy (non-hydrogen) atoms. The van der Waals surface area contributed by atoms with Gasteiger partial charge in [0.2, 0.25) is 0 Å². The number of carbonyl (C=O) groups is 1. The molecule has 1 N–H and O–H groups in total. The van der Waals surface area contributed by atoms with Crippen LogP contribution in [0.3, 0.4) is 0 Å². The van der Waals surface area contributed by atoms with E-state index in [1.54, 1.807) is 7.11 Å². The third-order valence-electron chi connectivity index (χ3n) is 3.59. The highest BCUT2D eigenvalue weighted by Gasteiger charge is 2.32. The Morgan fingerprint density at radius 3 is 2.81 bits per heavy atom. The van der Waals surface area contributed by atoms with E-state index in [4.69, 9.17) is 4.74 Å². The van der Waals surface area contributed by atoms with Gasteiger partial charge in [-0.3, -0.25) is 0 Å². The summed E-state index contributed by atoms with van der Waals surface area (Å²) in [6, 6.07) is 4.24. The van der Waals surface area contributed by atoms with Crippen molar-refractivity contribution in [3.8, 4) is 0 Å². The second-order valence-electron chi connectivity index (χ2n) is 5.29. The Bertz CT molecular complexity index is 553. The average molecular weight is 354 g/mol. The molecule has 0 aromatic heterocycles. The maximum atomic E-state index is 11.3. The SMILES string of the molecule is COCC=Cc1cc(CN(C(=O)O)C2CC2)cc(Br)c1C. The fraction of sp³-hybridized carbons (Fsp3) is 0.438. The second kappa shape index (κ2) is 7.09. The highest BCUT2D eigenvalue weighted by molar-refractivity contribution is 9.10. The highest BCUT2D eigenvalue weighted by atomic mass is 79.9. The van der Waals surface area contributed by atoms with E-state index >= 15 is 0 Å². The van der Waals surface area contributed by atoms with Crippen LogP contribution in [0.1, 0.15) is 29.5 Å². The predicted molar refractivity (Wildman–Crippen MR) is 86.4 cm³/mol. The van der Waals surface area contributed by atoms with E-state index in [1.807, 2.05) is 31.2 Å². The maximum absolute atomic E-state index is 11.3. The van der Waals surface area contributed by atoms with Crippen LogP contribution in [0.4, 0.5) is 4.79 Å². The smallest absolute Gasteiger partial charge is 0.407 e. The highest BCUT2D eigenvalue weighted by Crippen LogP contribution is 2.30. The van der Waals surface area contributed by atoms with Crippen molar-refractivity contribution in [2.75, 3.05) is 13.7 Å². The van der Waals surface area contributed by atoms with E-state index in [9.17, 15) is 9.90 Å². The van der Waals surface area contributed by atoms with Gasteiger partial charge in [-0.2, -0.15) is 0 Å². The normalized spacial score (nSPS) is 14.6. The van der Waals surface area contributed by atoms with Crippen molar-refractivity contribution < 1.29 is 14.6 Å². The molecule has 0 unspecified atom stereocenters. The minimum Gasteiger partial charge on any atom is -0.465 e. The number of benzene rings is 1. The lowest BCUT2D eigenvalue weighted by Crippen LogP contribution is -2.31. The van der Waals surface area contributed by atoms with E-state index in [0.717, 1.165) is 34.0 Å². The Labute approximate surface area is 133 Å². The van der Waals surface area contributed by atoms with Gasteiger partial charge in [0.05, 0.1) is 6.61 Å². The van der Waals surface area contributed by atoms with Crippen LogP contribution < -0.4 is 0 Å². The van der Waals surface area contributed by atoms with E-state index in [1.165, 1.54) is 4.90 Å². The Balaban J connectivity index is 2.21.